The molecular weight excluding hydrogens is 306 g/mol. The van der Waals surface area contributed by atoms with Gasteiger partial charge in [-0.25, -0.2) is 9.98 Å². The second-order valence-electron chi connectivity index (χ2n) is 6.61. The average molecular weight is 334 g/mol. The van der Waals surface area contributed by atoms with Gasteiger partial charge in [-0.15, -0.1) is 11.3 Å². The van der Waals surface area contributed by atoms with Crippen LogP contribution in [0.4, 0.5) is 0 Å². The smallest absolute Gasteiger partial charge is 0.191 e. The van der Waals surface area contributed by atoms with Crippen LogP contribution in [0.3, 0.4) is 0 Å². The van der Waals surface area contributed by atoms with Gasteiger partial charge in [-0.3, -0.25) is 0 Å². The molecule has 0 unspecified atom stereocenters. The summed E-state index contributed by atoms with van der Waals surface area (Å²) in [5.74, 6) is 0.823. The maximum atomic E-state index is 4.71. The fraction of sp³-hybridized carbons (Fsp3) is 0.529. The van der Waals surface area contributed by atoms with Crippen molar-refractivity contribution >= 4 is 17.3 Å². The van der Waals surface area contributed by atoms with E-state index in [4.69, 9.17) is 4.98 Å². The molecule has 0 atom stereocenters. The van der Waals surface area contributed by atoms with Crippen LogP contribution < -0.4 is 10.6 Å². The molecule has 0 aliphatic rings. The zero-order valence-corrected chi connectivity index (χ0v) is 15.5. The van der Waals surface area contributed by atoms with Crippen molar-refractivity contribution in [3.05, 3.63) is 40.1 Å². The van der Waals surface area contributed by atoms with Crippen LogP contribution in [0.5, 0.6) is 0 Å². The predicted molar refractivity (Wildman–Crippen MR) is 97.9 cm³/mol. The van der Waals surface area contributed by atoms with Gasteiger partial charge in [0.05, 0.1) is 18.8 Å². The molecule has 6 heteroatoms. The number of hydrogen-bond acceptors (Lipinski definition) is 3. The molecule has 0 amide bonds. The van der Waals surface area contributed by atoms with E-state index < -0.39 is 0 Å². The highest BCUT2D eigenvalue weighted by molar-refractivity contribution is 7.09. The molecule has 0 aliphatic carbocycles. The summed E-state index contributed by atoms with van der Waals surface area (Å²) in [6.07, 6.45) is 4.12. The molecule has 0 saturated carbocycles. The lowest BCUT2D eigenvalue weighted by Crippen LogP contribution is -2.36. The molecule has 0 fully saturated rings. The van der Waals surface area contributed by atoms with Crippen molar-refractivity contribution in [2.45, 2.75) is 46.2 Å². The van der Waals surface area contributed by atoms with Crippen LogP contribution in [0.1, 0.15) is 44.0 Å². The third-order valence-electron chi connectivity index (χ3n) is 3.38. The molecule has 0 aromatic carbocycles. The van der Waals surface area contributed by atoms with Gasteiger partial charge < -0.3 is 15.2 Å². The van der Waals surface area contributed by atoms with Gasteiger partial charge >= 0.3 is 0 Å². The second kappa shape index (κ2) is 7.64. The van der Waals surface area contributed by atoms with Gasteiger partial charge in [0.25, 0.3) is 0 Å². The summed E-state index contributed by atoms with van der Waals surface area (Å²) in [7, 11) is 2.02. The first kappa shape index (κ1) is 17.5. The first-order chi connectivity index (χ1) is 10.9. The number of guanidine groups is 1. The van der Waals surface area contributed by atoms with E-state index in [0.29, 0.717) is 13.1 Å². The van der Waals surface area contributed by atoms with Crippen LogP contribution in [0, 0.1) is 0 Å². The number of aliphatic imine (C=N–C) groups is 1. The van der Waals surface area contributed by atoms with Crippen LogP contribution in [0.15, 0.2) is 28.8 Å². The Kier molecular flexibility index (Phi) is 5.82. The van der Waals surface area contributed by atoms with Gasteiger partial charge in [-0.2, -0.15) is 0 Å². The third kappa shape index (κ3) is 5.39. The number of thiazole rings is 1. The number of rotatable bonds is 5. The molecule has 2 heterocycles. The monoisotopic (exact) mass is 333 g/mol. The van der Waals surface area contributed by atoms with E-state index in [1.807, 2.05) is 17.8 Å². The summed E-state index contributed by atoms with van der Waals surface area (Å²) in [4.78, 5) is 9.33. The zero-order valence-electron chi connectivity index (χ0n) is 14.7. The Morgan fingerprint density at radius 1 is 1.35 bits per heavy atom. The summed E-state index contributed by atoms with van der Waals surface area (Å²) in [6, 6.07) is 2.09. The molecule has 0 spiro atoms. The van der Waals surface area contributed by atoms with Crippen molar-refractivity contribution in [1.29, 1.82) is 0 Å². The van der Waals surface area contributed by atoms with Gasteiger partial charge in [0.1, 0.15) is 5.01 Å². The standard InChI is InChI=1S/C17H27N5S/c1-6-18-16(19-9-13-7-8-22(5)11-13)20-10-15-21-14(12-23-15)17(2,3)4/h7-8,11-12H,6,9-10H2,1-5H3,(H2,18,19,20). The fourth-order valence-electron chi connectivity index (χ4n) is 2.06. The largest absolute Gasteiger partial charge is 0.357 e. The number of hydrogen-bond donors (Lipinski definition) is 2. The summed E-state index contributed by atoms with van der Waals surface area (Å²) in [6.45, 7) is 10.8. The SMILES string of the molecule is CCNC(=NCc1ccn(C)c1)NCc1nc(C(C)(C)C)cs1. The topological polar surface area (TPSA) is 54.2 Å². The van der Waals surface area contributed by atoms with Crippen molar-refractivity contribution < 1.29 is 0 Å². The Morgan fingerprint density at radius 3 is 2.70 bits per heavy atom. The average Bonchev–Trinajstić information content (AvgIpc) is 3.10. The summed E-state index contributed by atoms with van der Waals surface area (Å²) < 4.78 is 2.04. The first-order valence-corrected chi connectivity index (χ1v) is 8.84. The van der Waals surface area contributed by atoms with Crippen molar-refractivity contribution in [3.63, 3.8) is 0 Å². The fourth-order valence-corrected chi connectivity index (χ4v) is 3.02. The second-order valence-corrected chi connectivity index (χ2v) is 7.55. The molecule has 2 rings (SSSR count). The van der Waals surface area contributed by atoms with Crippen molar-refractivity contribution in [3.8, 4) is 0 Å². The lowest BCUT2D eigenvalue weighted by atomic mass is 9.93. The van der Waals surface area contributed by atoms with Crippen LogP contribution in [-0.4, -0.2) is 22.1 Å². The molecule has 2 aromatic rings. The summed E-state index contributed by atoms with van der Waals surface area (Å²) >= 11 is 1.69. The minimum absolute atomic E-state index is 0.0979. The van der Waals surface area contributed by atoms with Crippen LogP contribution in [0.25, 0.3) is 0 Å². The molecule has 0 radical (unpaired) electrons. The van der Waals surface area contributed by atoms with Gasteiger partial charge in [0, 0.05) is 36.8 Å². The maximum Gasteiger partial charge on any atom is 0.191 e. The number of aromatic nitrogens is 2. The van der Waals surface area contributed by atoms with Crippen molar-refractivity contribution in [2.75, 3.05) is 6.54 Å². The van der Waals surface area contributed by atoms with Crippen molar-refractivity contribution in [1.82, 2.24) is 20.2 Å². The maximum absolute atomic E-state index is 4.71. The molecular formula is C17H27N5S. The lowest BCUT2D eigenvalue weighted by Gasteiger charge is -2.14. The van der Waals surface area contributed by atoms with Crippen molar-refractivity contribution in [2.24, 2.45) is 12.0 Å². The molecule has 0 bridgehead atoms. The Hall–Kier alpha value is -1.82. The van der Waals surface area contributed by atoms with E-state index in [1.54, 1.807) is 11.3 Å². The molecule has 0 aliphatic heterocycles. The number of nitrogens with zero attached hydrogens (tertiary/aromatic N) is 3. The first-order valence-electron chi connectivity index (χ1n) is 7.96. The Balaban J connectivity index is 1.95. The van der Waals surface area contributed by atoms with Gasteiger partial charge in [0.15, 0.2) is 5.96 Å². The van der Waals surface area contributed by atoms with Gasteiger partial charge in [-0.1, -0.05) is 20.8 Å². The Bertz CT molecular complexity index is 648. The highest BCUT2D eigenvalue weighted by Gasteiger charge is 2.17. The van der Waals surface area contributed by atoms with Gasteiger partial charge in [-0.05, 0) is 18.6 Å². The van der Waals surface area contributed by atoms with E-state index in [9.17, 15) is 0 Å². The Morgan fingerprint density at radius 2 is 2.13 bits per heavy atom. The van der Waals surface area contributed by atoms with Crippen LogP contribution >= 0.6 is 11.3 Å². The lowest BCUT2D eigenvalue weighted by molar-refractivity contribution is 0.570. The van der Waals surface area contributed by atoms with Gasteiger partial charge in [0.2, 0.25) is 0 Å². The van der Waals surface area contributed by atoms with Crippen LogP contribution in [0.2, 0.25) is 0 Å². The summed E-state index contributed by atoms with van der Waals surface area (Å²) in [5.41, 5.74) is 2.44. The quantitative estimate of drug-likeness (QED) is 0.653. The molecule has 0 saturated heterocycles. The molecule has 23 heavy (non-hydrogen) atoms. The number of aryl methyl sites for hydroxylation is 1. The van der Waals surface area contributed by atoms with E-state index in [1.165, 1.54) is 5.56 Å². The van der Waals surface area contributed by atoms with E-state index in [-0.39, 0.29) is 5.41 Å². The molecule has 5 nitrogen and oxygen atoms in total. The molecule has 2 N–H and O–H groups in total. The number of nitrogens with one attached hydrogen (secondary N) is 2. The third-order valence-corrected chi connectivity index (χ3v) is 4.23. The minimum Gasteiger partial charge on any atom is -0.357 e. The van der Waals surface area contributed by atoms with E-state index in [0.717, 1.165) is 23.2 Å². The molecule has 126 valence electrons. The highest BCUT2D eigenvalue weighted by atomic mass is 32.1. The normalized spacial score (nSPS) is 12.5. The zero-order chi connectivity index (χ0) is 16.9. The van der Waals surface area contributed by atoms with Crippen LogP contribution in [-0.2, 0) is 25.6 Å². The summed E-state index contributed by atoms with van der Waals surface area (Å²) in [5, 5.41) is 9.86. The van der Waals surface area contributed by atoms with E-state index in [2.05, 4.69) is 61.0 Å². The minimum atomic E-state index is 0.0979. The Labute approximate surface area is 142 Å². The molecule has 2 aromatic heterocycles. The predicted octanol–water partition coefficient (Wildman–Crippen LogP) is 3.03. The van der Waals surface area contributed by atoms with E-state index >= 15 is 0 Å². The highest BCUT2D eigenvalue weighted by Crippen LogP contribution is 2.23.